The highest BCUT2D eigenvalue weighted by molar-refractivity contribution is 7.98. The van der Waals surface area contributed by atoms with E-state index in [0.717, 1.165) is 5.56 Å². The fourth-order valence-electron chi connectivity index (χ4n) is 3.24. The summed E-state index contributed by atoms with van der Waals surface area (Å²) in [5.74, 6) is 1.71. The van der Waals surface area contributed by atoms with Crippen molar-refractivity contribution in [2.75, 3.05) is 18.9 Å². The predicted octanol–water partition coefficient (Wildman–Crippen LogP) is 5.14. The average molecular weight is 499 g/mol. The number of thioether (sulfide) groups is 1. The first-order valence-corrected chi connectivity index (χ1v) is 12.6. The van der Waals surface area contributed by atoms with E-state index in [2.05, 4.69) is 9.71 Å². The molecule has 0 atom stereocenters. The molecule has 0 saturated heterocycles. The molecule has 1 aromatic heterocycles. The molecule has 4 aromatic rings. The lowest BCUT2D eigenvalue weighted by atomic mass is 10.1. The van der Waals surface area contributed by atoms with Crippen molar-refractivity contribution in [1.82, 2.24) is 4.98 Å². The van der Waals surface area contributed by atoms with Crippen LogP contribution in [0.15, 0.2) is 75.2 Å². The largest absolute Gasteiger partial charge is 0.497 e. The van der Waals surface area contributed by atoms with E-state index in [1.165, 1.54) is 30.8 Å². The van der Waals surface area contributed by atoms with Crippen molar-refractivity contribution in [3.8, 4) is 11.5 Å². The molecular weight excluding hydrogens is 476 g/mol. The summed E-state index contributed by atoms with van der Waals surface area (Å²) in [6.07, 6.45) is 0. The van der Waals surface area contributed by atoms with E-state index >= 15 is 0 Å². The molecule has 0 aliphatic heterocycles. The van der Waals surface area contributed by atoms with Crippen LogP contribution in [0, 0.1) is 0 Å². The van der Waals surface area contributed by atoms with Gasteiger partial charge >= 0.3 is 0 Å². The third kappa shape index (κ3) is 5.18. The minimum Gasteiger partial charge on any atom is -0.497 e. The van der Waals surface area contributed by atoms with Crippen LogP contribution in [0.25, 0.3) is 11.1 Å². The number of carbonyl (C=O) groups excluding carboxylic acids is 1. The fourth-order valence-corrected chi connectivity index (χ4v) is 5.13. The second kappa shape index (κ2) is 9.78. The predicted molar refractivity (Wildman–Crippen MR) is 130 cm³/mol. The number of ether oxygens (including phenoxy) is 2. The number of anilines is 1. The maximum Gasteiger partial charge on any atom is 0.261 e. The number of methoxy groups -OCH3 is 2. The van der Waals surface area contributed by atoms with Gasteiger partial charge in [-0.1, -0.05) is 11.8 Å². The van der Waals surface area contributed by atoms with Gasteiger partial charge in [0.2, 0.25) is 0 Å². The number of ketones is 1. The second-order valence-electron chi connectivity index (χ2n) is 7.31. The third-order valence-corrected chi connectivity index (χ3v) is 7.29. The average Bonchev–Trinajstić information content (AvgIpc) is 3.25. The molecule has 0 amide bonds. The Morgan fingerprint density at radius 1 is 1.03 bits per heavy atom. The molecule has 1 N–H and O–H groups in total. The van der Waals surface area contributed by atoms with Crippen LogP contribution in [0.3, 0.4) is 0 Å². The van der Waals surface area contributed by atoms with Gasteiger partial charge in [0.1, 0.15) is 17.0 Å². The van der Waals surface area contributed by atoms with Gasteiger partial charge in [-0.15, -0.1) is 0 Å². The molecular formula is C24H22N2O6S2. The Labute approximate surface area is 201 Å². The number of hydrogen-bond acceptors (Lipinski definition) is 8. The normalized spacial score (nSPS) is 11.4. The highest BCUT2D eigenvalue weighted by Crippen LogP contribution is 2.31. The summed E-state index contributed by atoms with van der Waals surface area (Å²) in [5, 5.41) is 0.378. The van der Waals surface area contributed by atoms with Gasteiger partial charge in [-0.25, -0.2) is 13.4 Å². The molecule has 0 bridgehead atoms. The molecule has 0 spiro atoms. The van der Waals surface area contributed by atoms with Crippen LogP contribution in [-0.4, -0.2) is 33.4 Å². The molecule has 8 nitrogen and oxygen atoms in total. The monoisotopic (exact) mass is 498 g/mol. The quantitative estimate of drug-likeness (QED) is 0.250. The van der Waals surface area contributed by atoms with Crippen molar-refractivity contribution >= 4 is 44.4 Å². The Bertz CT molecular complexity index is 1450. The molecule has 10 heteroatoms. The molecule has 4 rings (SSSR count). The van der Waals surface area contributed by atoms with E-state index in [0.29, 0.717) is 44.8 Å². The number of rotatable bonds is 9. The number of carbonyl (C=O) groups is 1. The van der Waals surface area contributed by atoms with Gasteiger partial charge in [0.25, 0.3) is 15.2 Å². The van der Waals surface area contributed by atoms with E-state index in [1.54, 1.807) is 62.8 Å². The third-order valence-electron chi connectivity index (χ3n) is 5.03. The van der Waals surface area contributed by atoms with Crippen molar-refractivity contribution in [3.05, 3.63) is 71.8 Å². The summed E-state index contributed by atoms with van der Waals surface area (Å²) < 4.78 is 44.4. The van der Waals surface area contributed by atoms with Crippen molar-refractivity contribution in [2.45, 2.75) is 22.8 Å². The smallest absolute Gasteiger partial charge is 0.261 e. The molecule has 0 aliphatic rings. The Morgan fingerprint density at radius 3 is 2.47 bits per heavy atom. The lowest BCUT2D eigenvalue weighted by Crippen LogP contribution is -2.12. The summed E-state index contributed by atoms with van der Waals surface area (Å²) >= 11 is 1.32. The first kappa shape index (κ1) is 23.7. The van der Waals surface area contributed by atoms with Gasteiger partial charge in [0.05, 0.1) is 19.1 Å². The molecule has 0 saturated carbocycles. The summed E-state index contributed by atoms with van der Waals surface area (Å²) in [5.41, 5.74) is 2.72. The number of hydrogen-bond donors (Lipinski definition) is 1. The van der Waals surface area contributed by atoms with Crippen molar-refractivity contribution in [1.29, 1.82) is 0 Å². The zero-order valence-corrected chi connectivity index (χ0v) is 20.3. The topological polar surface area (TPSA) is 108 Å². The van der Waals surface area contributed by atoms with Crippen LogP contribution in [0.4, 0.5) is 5.69 Å². The molecule has 0 unspecified atom stereocenters. The van der Waals surface area contributed by atoms with Gasteiger partial charge in [0.15, 0.2) is 11.4 Å². The van der Waals surface area contributed by atoms with Crippen molar-refractivity contribution in [3.63, 3.8) is 0 Å². The molecule has 0 fully saturated rings. The number of nitrogens with one attached hydrogen (secondary N) is 1. The maximum absolute atomic E-state index is 12.8. The minimum atomic E-state index is -3.82. The van der Waals surface area contributed by atoms with Crippen molar-refractivity contribution < 1.29 is 27.1 Å². The Kier molecular flexibility index (Phi) is 6.80. The van der Waals surface area contributed by atoms with E-state index in [4.69, 9.17) is 13.9 Å². The van der Waals surface area contributed by atoms with Gasteiger partial charge in [-0.3, -0.25) is 9.52 Å². The molecule has 176 valence electrons. The number of oxazole rings is 1. The van der Waals surface area contributed by atoms with E-state index in [9.17, 15) is 13.2 Å². The Balaban J connectivity index is 1.53. The lowest BCUT2D eigenvalue weighted by molar-refractivity contribution is 0.101. The van der Waals surface area contributed by atoms with Crippen LogP contribution in [0.1, 0.15) is 22.8 Å². The number of Topliss-reactive ketones (excluding diaryl/α,β-unsaturated/α-hetero) is 1. The van der Waals surface area contributed by atoms with Crippen molar-refractivity contribution in [2.24, 2.45) is 0 Å². The molecule has 0 aliphatic carbocycles. The highest BCUT2D eigenvalue weighted by atomic mass is 32.2. The fraction of sp³-hybridized carbons (Fsp3) is 0.167. The molecule has 1 heterocycles. The Morgan fingerprint density at radius 2 is 1.79 bits per heavy atom. The van der Waals surface area contributed by atoms with E-state index in [1.807, 2.05) is 0 Å². The van der Waals surface area contributed by atoms with Crippen LogP contribution >= 0.6 is 11.8 Å². The number of aromatic nitrogens is 1. The first-order chi connectivity index (χ1) is 16.3. The zero-order valence-electron chi connectivity index (χ0n) is 18.7. The highest BCUT2D eigenvalue weighted by Gasteiger charge is 2.17. The standard InChI is InChI=1S/C24H22N2O6S2/c1-15(27)16-4-10-22(31-3)17(12-16)14-33-24-25-21-13-20(9-11-23(21)32-24)34(28,29)26-18-5-7-19(30-2)8-6-18/h4-13,26H,14H2,1-3H3. The number of fused-ring (bicyclic) bond motifs is 1. The summed E-state index contributed by atoms with van der Waals surface area (Å²) in [4.78, 5) is 16.2. The van der Waals surface area contributed by atoms with E-state index in [-0.39, 0.29) is 10.7 Å². The van der Waals surface area contributed by atoms with Crippen LogP contribution in [0.2, 0.25) is 0 Å². The second-order valence-corrected chi connectivity index (χ2v) is 9.92. The molecule has 0 radical (unpaired) electrons. The minimum absolute atomic E-state index is 0.0345. The number of benzene rings is 3. The van der Waals surface area contributed by atoms with Crippen LogP contribution < -0.4 is 14.2 Å². The summed E-state index contributed by atoms with van der Waals surface area (Å²) in [7, 11) is -0.712. The van der Waals surface area contributed by atoms with Gasteiger partial charge in [-0.05, 0) is 67.6 Å². The lowest BCUT2D eigenvalue weighted by Gasteiger charge is -2.08. The van der Waals surface area contributed by atoms with Gasteiger partial charge < -0.3 is 13.9 Å². The zero-order chi connectivity index (χ0) is 24.3. The maximum atomic E-state index is 12.8. The van der Waals surface area contributed by atoms with Gasteiger partial charge in [-0.2, -0.15) is 0 Å². The van der Waals surface area contributed by atoms with E-state index < -0.39 is 10.0 Å². The molecule has 3 aromatic carbocycles. The Hall–Kier alpha value is -3.50. The summed E-state index contributed by atoms with van der Waals surface area (Å²) in [6.45, 7) is 1.51. The number of nitrogens with zero attached hydrogens (tertiary/aromatic N) is 1. The van der Waals surface area contributed by atoms with Gasteiger partial charge in [0, 0.05) is 22.6 Å². The SMILES string of the molecule is COc1ccc(NS(=O)(=O)c2ccc3oc(SCc4cc(C(C)=O)ccc4OC)nc3c2)cc1. The summed E-state index contributed by atoms with van der Waals surface area (Å²) in [6, 6.07) is 16.3. The van der Waals surface area contributed by atoms with Crippen LogP contribution in [0.5, 0.6) is 11.5 Å². The number of sulfonamides is 1. The molecule has 34 heavy (non-hydrogen) atoms. The van der Waals surface area contributed by atoms with Crippen LogP contribution in [-0.2, 0) is 15.8 Å². The first-order valence-electron chi connectivity index (χ1n) is 10.2.